The number of imidazole rings is 1. The van der Waals surface area contributed by atoms with Crippen molar-refractivity contribution in [2.24, 2.45) is 0 Å². The van der Waals surface area contributed by atoms with Crippen LogP contribution < -0.4 is 10.6 Å². The van der Waals surface area contributed by atoms with Gasteiger partial charge in [-0.1, -0.05) is 25.1 Å². The van der Waals surface area contributed by atoms with Crippen molar-refractivity contribution in [1.29, 1.82) is 0 Å². The normalized spacial score (nSPS) is 12.1. The maximum absolute atomic E-state index is 12.5. The van der Waals surface area contributed by atoms with Crippen LogP contribution in [0.15, 0.2) is 41.8 Å². The van der Waals surface area contributed by atoms with Gasteiger partial charge in [-0.15, -0.1) is 11.3 Å². The van der Waals surface area contributed by atoms with Crippen LogP contribution >= 0.6 is 11.3 Å². The van der Waals surface area contributed by atoms with E-state index in [1.165, 1.54) is 11.3 Å². The number of aromatic nitrogens is 2. The van der Waals surface area contributed by atoms with Crippen LogP contribution in [0.4, 0.5) is 5.95 Å². The van der Waals surface area contributed by atoms with Crippen LogP contribution in [0.1, 0.15) is 29.9 Å². The van der Waals surface area contributed by atoms with Gasteiger partial charge >= 0.3 is 0 Å². The first-order valence-corrected chi connectivity index (χ1v) is 9.08. The molecule has 0 aliphatic rings. The van der Waals surface area contributed by atoms with Gasteiger partial charge in [0.25, 0.3) is 5.91 Å². The number of carbonyl (C=O) groups excluding carboxylic acids is 2. The highest BCUT2D eigenvalue weighted by Gasteiger charge is 2.20. The average molecular weight is 356 g/mol. The van der Waals surface area contributed by atoms with Gasteiger partial charge in [-0.2, -0.15) is 0 Å². The number of benzene rings is 1. The van der Waals surface area contributed by atoms with E-state index in [0.717, 1.165) is 24.0 Å². The number of fused-ring (bicyclic) bond motifs is 1. The lowest BCUT2D eigenvalue weighted by Gasteiger charge is -2.14. The molecular formula is C18H20N4O2S. The quantitative estimate of drug-likeness (QED) is 0.712. The number of nitrogens with one attached hydrogen (secondary N) is 2. The molecule has 1 atom stereocenters. The van der Waals surface area contributed by atoms with Gasteiger partial charge in [-0.25, -0.2) is 4.98 Å². The standard InChI is InChI=1S/C18H20N4O2S/c1-3-10-22-14-8-5-4-7-13(14)20-18(22)21-16(23)12(2)19-17(24)15-9-6-11-25-15/h4-9,11-12H,3,10H2,1-2H3,(H,19,24)(H,20,21,23)/t12-/m0/s1. The summed E-state index contributed by atoms with van der Waals surface area (Å²) in [4.78, 5) is 29.6. The number of aryl methyl sites for hydroxylation is 1. The number of hydrogen-bond donors (Lipinski definition) is 2. The second kappa shape index (κ2) is 7.48. The first-order chi connectivity index (χ1) is 12.1. The summed E-state index contributed by atoms with van der Waals surface area (Å²) in [5, 5.41) is 7.37. The molecule has 0 bridgehead atoms. The fraction of sp³-hybridized carbons (Fsp3) is 0.278. The minimum absolute atomic E-state index is 0.250. The van der Waals surface area contributed by atoms with E-state index in [1.807, 2.05) is 34.2 Å². The van der Waals surface area contributed by atoms with Crippen LogP contribution in [0.25, 0.3) is 11.0 Å². The molecule has 0 saturated carbocycles. The van der Waals surface area contributed by atoms with E-state index in [4.69, 9.17) is 0 Å². The van der Waals surface area contributed by atoms with Crippen molar-refractivity contribution in [1.82, 2.24) is 14.9 Å². The predicted octanol–water partition coefficient (Wildman–Crippen LogP) is 3.26. The second-order valence-corrected chi connectivity index (χ2v) is 6.69. The third-order valence-electron chi connectivity index (χ3n) is 3.82. The number of nitrogens with zero attached hydrogens (tertiary/aromatic N) is 2. The zero-order valence-electron chi connectivity index (χ0n) is 14.2. The molecule has 3 rings (SSSR count). The Balaban J connectivity index is 1.75. The lowest BCUT2D eigenvalue weighted by atomic mass is 10.3. The fourth-order valence-corrected chi connectivity index (χ4v) is 3.21. The monoisotopic (exact) mass is 356 g/mol. The number of hydrogen-bond acceptors (Lipinski definition) is 4. The highest BCUT2D eigenvalue weighted by molar-refractivity contribution is 7.12. The topological polar surface area (TPSA) is 76.0 Å². The van der Waals surface area contributed by atoms with Crippen molar-refractivity contribution in [3.63, 3.8) is 0 Å². The van der Waals surface area contributed by atoms with Crippen LogP contribution in [-0.4, -0.2) is 27.4 Å². The van der Waals surface area contributed by atoms with Gasteiger partial charge < -0.3 is 9.88 Å². The number of rotatable bonds is 6. The van der Waals surface area contributed by atoms with Crippen LogP contribution in [0.2, 0.25) is 0 Å². The van der Waals surface area contributed by atoms with Crippen molar-refractivity contribution in [3.8, 4) is 0 Å². The van der Waals surface area contributed by atoms with E-state index in [9.17, 15) is 9.59 Å². The average Bonchev–Trinajstić information content (AvgIpc) is 3.24. The Morgan fingerprint density at radius 3 is 2.76 bits per heavy atom. The predicted molar refractivity (Wildman–Crippen MR) is 99.9 cm³/mol. The van der Waals surface area contributed by atoms with Gasteiger partial charge in [0.15, 0.2) is 0 Å². The van der Waals surface area contributed by atoms with Crippen molar-refractivity contribution in [3.05, 3.63) is 46.7 Å². The van der Waals surface area contributed by atoms with E-state index in [-0.39, 0.29) is 11.8 Å². The minimum atomic E-state index is -0.663. The minimum Gasteiger partial charge on any atom is -0.340 e. The Morgan fingerprint density at radius 1 is 1.24 bits per heavy atom. The molecule has 6 nitrogen and oxygen atoms in total. The number of anilines is 1. The largest absolute Gasteiger partial charge is 0.340 e. The first-order valence-electron chi connectivity index (χ1n) is 8.20. The van der Waals surface area contributed by atoms with Crippen molar-refractivity contribution in [2.45, 2.75) is 32.9 Å². The van der Waals surface area contributed by atoms with Gasteiger partial charge in [0.2, 0.25) is 11.9 Å². The highest BCUT2D eigenvalue weighted by atomic mass is 32.1. The lowest BCUT2D eigenvalue weighted by molar-refractivity contribution is -0.117. The fourth-order valence-electron chi connectivity index (χ4n) is 2.58. The molecule has 3 aromatic rings. The summed E-state index contributed by atoms with van der Waals surface area (Å²) < 4.78 is 1.99. The van der Waals surface area contributed by atoms with Crippen molar-refractivity contribution in [2.75, 3.05) is 5.32 Å². The third-order valence-corrected chi connectivity index (χ3v) is 4.69. The smallest absolute Gasteiger partial charge is 0.261 e. The Morgan fingerprint density at radius 2 is 2.04 bits per heavy atom. The molecule has 130 valence electrons. The molecule has 2 amide bonds. The molecular weight excluding hydrogens is 336 g/mol. The Kier molecular flexibility index (Phi) is 5.14. The summed E-state index contributed by atoms with van der Waals surface area (Å²) in [6.45, 7) is 4.49. The van der Waals surface area contributed by atoms with Gasteiger partial charge in [0, 0.05) is 6.54 Å². The van der Waals surface area contributed by atoms with E-state index in [0.29, 0.717) is 10.8 Å². The third kappa shape index (κ3) is 3.71. The van der Waals surface area contributed by atoms with Crippen molar-refractivity contribution >= 4 is 40.1 Å². The summed E-state index contributed by atoms with van der Waals surface area (Å²) in [5.74, 6) is -0.0393. The molecule has 0 unspecified atom stereocenters. The first kappa shape index (κ1) is 17.2. The van der Waals surface area contributed by atoms with Gasteiger partial charge in [-0.05, 0) is 36.9 Å². The molecule has 25 heavy (non-hydrogen) atoms. The number of amides is 2. The Bertz CT molecular complexity index is 886. The SMILES string of the molecule is CCCn1c(NC(=O)[C@H](C)NC(=O)c2cccs2)nc2ccccc21. The maximum atomic E-state index is 12.5. The summed E-state index contributed by atoms with van der Waals surface area (Å²) in [6, 6.07) is 10.6. The maximum Gasteiger partial charge on any atom is 0.261 e. The van der Waals surface area contributed by atoms with Crippen LogP contribution in [0.3, 0.4) is 0 Å². The molecule has 7 heteroatoms. The Hall–Kier alpha value is -2.67. The van der Waals surface area contributed by atoms with E-state index < -0.39 is 6.04 Å². The number of carbonyl (C=O) groups is 2. The van der Waals surface area contributed by atoms with Crippen LogP contribution in [0.5, 0.6) is 0 Å². The van der Waals surface area contributed by atoms with Gasteiger partial charge in [0.05, 0.1) is 15.9 Å². The summed E-state index contributed by atoms with van der Waals surface area (Å²) in [7, 11) is 0. The highest BCUT2D eigenvalue weighted by Crippen LogP contribution is 2.20. The molecule has 2 heterocycles. The molecule has 2 aromatic heterocycles. The molecule has 0 aliphatic heterocycles. The van der Waals surface area contributed by atoms with Crippen molar-refractivity contribution < 1.29 is 9.59 Å². The lowest BCUT2D eigenvalue weighted by Crippen LogP contribution is -2.41. The summed E-state index contributed by atoms with van der Waals surface area (Å²) in [6.07, 6.45) is 0.924. The van der Waals surface area contributed by atoms with E-state index in [2.05, 4.69) is 22.5 Å². The zero-order chi connectivity index (χ0) is 17.8. The second-order valence-electron chi connectivity index (χ2n) is 5.74. The Labute approximate surface area is 149 Å². The molecule has 0 radical (unpaired) electrons. The molecule has 2 N–H and O–H groups in total. The summed E-state index contributed by atoms with van der Waals surface area (Å²) in [5.41, 5.74) is 1.82. The van der Waals surface area contributed by atoms with E-state index >= 15 is 0 Å². The van der Waals surface area contributed by atoms with Crippen LogP contribution in [0, 0.1) is 0 Å². The van der Waals surface area contributed by atoms with E-state index in [1.54, 1.807) is 19.1 Å². The summed E-state index contributed by atoms with van der Waals surface area (Å²) >= 11 is 1.34. The zero-order valence-corrected chi connectivity index (χ0v) is 15.0. The van der Waals surface area contributed by atoms with Gasteiger partial charge in [-0.3, -0.25) is 14.9 Å². The number of thiophene rings is 1. The molecule has 0 aliphatic carbocycles. The number of para-hydroxylation sites is 2. The van der Waals surface area contributed by atoms with Gasteiger partial charge in [0.1, 0.15) is 6.04 Å². The molecule has 0 saturated heterocycles. The molecule has 0 fully saturated rings. The van der Waals surface area contributed by atoms with Crippen LogP contribution in [-0.2, 0) is 11.3 Å². The molecule has 1 aromatic carbocycles. The molecule has 0 spiro atoms.